The summed E-state index contributed by atoms with van der Waals surface area (Å²) in [6.07, 6.45) is -2.43. The fourth-order valence-electron chi connectivity index (χ4n) is 4.53. The Kier molecular flexibility index (Phi) is 12.9. The van der Waals surface area contributed by atoms with Crippen molar-refractivity contribution in [2.75, 3.05) is 6.54 Å². The molecule has 0 bridgehead atoms. The molecule has 0 fully saturated rings. The molecule has 0 aliphatic heterocycles. The van der Waals surface area contributed by atoms with E-state index in [4.69, 9.17) is 10.5 Å². The standard InChI is InChI=1S/C34H43N5O6/c1-34(2,3)38-32(43)39(21-25-15-9-5-10-16-25)22-29(40)27(19-24-13-7-4-8-14-24)36-31(42)28(20-30(35)41)37-33(44)45-23-26-17-11-6-12-18-26/h4-18,27-29,40H,19-23H2,1-3H3,(H2,35,41)(H,36,42)(H,37,44)(H,38,43). The number of primary amides is 1. The van der Waals surface area contributed by atoms with Gasteiger partial charge < -0.3 is 36.4 Å². The second-order valence-corrected chi connectivity index (χ2v) is 11.8. The van der Waals surface area contributed by atoms with Crippen LogP contribution in [0.15, 0.2) is 91.0 Å². The summed E-state index contributed by atoms with van der Waals surface area (Å²) in [5, 5.41) is 19.7. The molecular formula is C34H43N5O6. The Morgan fingerprint density at radius 3 is 1.89 bits per heavy atom. The molecule has 0 heterocycles. The highest BCUT2D eigenvalue weighted by atomic mass is 16.5. The van der Waals surface area contributed by atoms with Gasteiger partial charge in [-0.25, -0.2) is 9.59 Å². The Morgan fingerprint density at radius 1 is 0.822 bits per heavy atom. The van der Waals surface area contributed by atoms with E-state index in [1.165, 1.54) is 4.90 Å². The van der Waals surface area contributed by atoms with E-state index in [1.807, 2.05) is 87.5 Å². The molecule has 45 heavy (non-hydrogen) atoms. The molecule has 0 aliphatic rings. The van der Waals surface area contributed by atoms with Gasteiger partial charge in [0.1, 0.15) is 12.6 Å². The summed E-state index contributed by atoms with van der Waals surface area (Å²) in [6, 6.07) is 24.9. The van der Waals surface area contributed by atoms with Gasteiger partial charge in [0.2, 0.25) is 11.8 Å². The highest BCUT2D eigenvalue weighted by molar-refractivity contribution is 5.90. The van der Waals surface area contributed by atoms with Crippen LogP contribution in [-0.4, -0.2) is 64.2 Å². The van der Waals surface area contributed by atoms with Gasteiger partial charge in [0.25, 0.3) is 0 Å². The van der Waals surface area contributed by atoms with Gasteiger partial charge in [-0.05, 0) is 43.9 Å². The number of hydrogen-bond donors (Lipinski definition) is 5. The Bertz CT molecular complexity index is 1380. The van der Waals surface area contributed by atoms with Crippen LogP contribution in [0.1, 0.15) is 43.9 Å². The van der Waals surface area contributed by atoms with Gasteiger partial charge in [-0.3, -0.25) is 9.59 Å². The molecule has 11 heteroatoms. The number of urea groups is 1. The number of hydrogen-bond acceptors (Lipinski definition) is 6. The molecule has 0 aliphatic carbocycles. The molecule has 0 saturated carbocycles. The molecule has 0 aromatic heterocycles. The van der Waals surface area contributed by atoms with E-state index in [0.717, 1.165) is 16.7 Å². The van der Waals surface area contributed by atoms with Crippen LogP contribution in [-0.2, 0) is 33.9 Å². The SMILES string of the molecule is CC(C)(C)NC(=O)N(Cc1ccccc1)CC(O)C(Cc1ccccc1)NC(=O)C(CC(N)=O)NC(=O)OCc1ccccc1. The minimum atomic E-state index is -1.36. The van der Waals surface area contributed by atoms with E-state index in [0.29, 0.717) is 0 Å². The zero-order valence-electron chi connectivity index (χ0n) is 25.9. The highest BCUT2D eigenvalue weighted by Crippen LogP contribution is 2.13. The van der Waals surface area contributed by atoms with Crippen molar-refractivity contribution in [3.05, 3.63) is 108 Å². The number of nitrogens with one attached hydrogen (secondary N) is 3. The first-order valence-corrected chi connectivity index (χ1v) is 14.8. The van der Waals surface area contributed by atoms with Crippen molar-refractivity contribution in [3.63, 3.8) is 0 Å². The molecule has 0 radical (unpaired) electrons. The zero-order chi connectivity index (χ0) is 32.8. The number of carbonyl (C=O) groups is 4. The maximum Gasteiger partial charge on any atom is 0.408 e. The van der Waals surface area contributed by atoms with Crippen LogP contribution in [0, 0.1) is 0 Å². The number of aliphatic hydroxyl groups excluding tert-OH is 1. The average molecular weight is 618 g/mol. The lowest BCUT2D eigenvalue weighted by Gasteiger charge is -2.33. The number of amides is 5. The summed E-state index contributed by atoms with van der Waals surface area (Å²) < 4.78 is 5.23. The topological polar surface area (TPSA) is 163 Å². The average Bonchev–Trinajstić information content (AvgIpc) is 2.99. The number of aliphatic hydroxyl groups is 1. The van der Waals surface area contributed by atoms with Crippen LogP contribution < -0.4 is 21.7 Å². The molecule has 6 N–H and O–H groups in total. The van der Waals surface area contributed by atoms with Crippen LogP contribution in [0.4, 0.5) is 9.59 Å². The molecular weight excluding hydrogens is 574 g/mol. The van der Waals surface area contributed by atoms with Crippen LogP contribution in [0.25, 0.3) is 0 Å². The Hall–Kier alpha value is -4.90. The number of rotatable bonds is 14. The Balaban J connectivity index is 1.79. The van der Waals surface area contributed by atoms with E-state index in [1.54, 1.807) is 24.3 Å². The Labute approximate surface area is 264 Å². The molecule has 3 aromatic rings. The molecule has 3 unspecified atom stereocenters. The van der Waals surface area contributed by atoms with Gasteiger partial charge in [-0.15, -0.1) is 0 Å². The van der Waals surface area contributed by atoms with E-state index in [-0.39, 0.29) is 32.1 Å². The molecule has 3 atom stereocenters. The number of ether oxygens (including phenoxy) is 1. The lowest BCUT2D eigenvalue weighted by molar-refractivity contribution is -0.128. The first kappa shape index (κ1) is 34.6. The van der Waals surface area contributed by atoms with Crippen molar-refractivity contribution in [2.45, 2.75) is 70.5 Å². The monoisotopic (exact) mass is 617 g/mol. The van der Waals surface area contributed by atoms with Crippen molar-refractivity contribution in [1.29, 1.82) is 0 Å². The summed E-state index contributed by atoms with van der Waals surface area (Å²) in [5.41, 5.74) is 7.28. The molecule has 0 spiro atoms. The quantitative estimate of drug-likeness (QED) is 0.186. The van der Waals surface area contributed by atoms with Gasteiger partial charge in [0, 0.05) is 12.1 Å². The van der Waals surface area contributed by atoms with Crippen molar-refractivity contribution in [3.8, 4) is 0 Å². The van der Waals surface area contributed by atoms with Gasteiger partial charge >= 0.3 is 12.1 Å². The van der Waals surface area contributed by atoms with Crippen LogP contribution in [0.2, 0.25) is 0 Å². The maximum atomic E-state index is 13.5. The first-order chi connectivity index (χ1) is 21.4. The third-order valence-corrected chi connectivity index (χ3v) is 6.71. The highest BCUT2D eigenvalue weighted by Gasteiger charge is 2.31. The smallest absolute Gasteiger partial charge is 0.408 e. The van der Waals surface area contributed by atoms with E-state index < -0.39 is 48.1 Å². The van der Waals surface area contributed by atoms with Crippen LogP contribution in [0.5, 0.6) is 0 Å². The fourth-order valence-corrected chi connectivity index (χ4v) is 4.53. The van der Waals surface area contributed by atoms with Crippen molar-refractivity contribution in [1.82, 2.24) is 20.9 Å². The Morgan fingerprint density at radius 2 is 1.36 bits per heavy atom. The van der Waals surface area contributed by atoms with Gasteiger partial charge in [0.05, 0.1) is 25.1 Å². The largest absolute Gasteiger partial charge is 0.445 e. The molecule has 240 valence electrons. The lowest BCUT2D eigenvalue weighted by Crippen LogP contribution is -2.57. The zero-order valence-corrected chi connectivity index (χ0v) is 25.9. The van der Waals surface area contributed by atoms with Crippen LogP contribution >= 0.6 is 0 Å². The van der Waals surface area contributed by atoms with E-state index >= 15 is 0 Å². The summed E-state index contributed by atoms with van der Waals surface area (Å²) in [4.78, 5) is 52.7. The molecule has 5 amide bonds. The normalized spacial score (nSPS) is 13.1. The lowest BCUT2D eigenvalue weighted by atomic mass is 9.99. The third-order valence-electron chi connectivity index (χ3n) is 6.71. The second-order valence-electron chi connectivity index (χ2n) is 11.8. The molecule has 3 rings (SSSR count). The van der Waals surface area contributed by atoms with Crippen molar-refractivity contribution in [2.24, 2.45) is 5.73 Å². The summed E-state index contributed by atoms with van der Waals surface area (Å²) in [5.74, 6) is -1.55. The summed E-state index contributed by atoms with van der Waals surface area (Å²) >= 11 is 0. The number of alkyl carbamates (subject to hydrolysis) is 1. The predicted octanol–water partition coefficient (Wildman–Crippen LogP) is 3.26. The minimum Gasteiger partial charge on any atom is -0.445 e. The van der Waals surface area contributed by atoms with Crippen molar-refractivity contribution < 1.29 is 29.0 Å². The number of nitrogens with two attached hydrogens (primary N) is 1. The van der Waals surface area contributed by atoms with Crippen LogP contribution in [0.3, 0.4) is 0 Å². The van der Waals surface area contributed by atoms with Gasteiger partial charge in [-0.1, -0.05) is 91.0 Å². The van der Waals surface area contributed by atoms with E-state index in [2.05, 4.69) is 16.0 Å². The number of benzene rings is 3. The van der Waals surface area contributed by atoms with Crippen molar-refractivity contribution >= 4 is 23.9 Å². The first-order valence-electron chi connectivity index (χ1n) is 14.8. The second kappa shape index (κ2) is 16.8. The van der Waals surface area contributed by atoms with Gasteiger partial charge in [0.15, 0.2) is 0 Å². The summed E-state index contributed by atoms with van der Waals surface area (Å²) in [7, 11) is 0. The third kappa shape index (κ3) is 12.7. The number of nitrogens with zero attached hydrogens (tertiary/aromatic N) is 1. The molecule has 0 saturated heterocycles. The maximum absolute atomic E-state index is 13.5. The predicted molar refractivity (Wildman–Crippen MR) is 171 cm³/mol. The molecule has 3 aromatic carbocycles. The summed E-state index contributed by atoms with van der Waals surface area (Å²) in [6.45, 7) is 5.62. The fraction of sp³-hybridized carbons (Fsp3) is 0.353. The number of carbonyl (C=O) groups excluding carboxylic acids is 4. The molecule has 11 nitrogen and oxygen atoms in total. The van der Waals surface area contributed by atoms with Gasteiger partial charge in [-0.2, -0.15) is 0 Å². The van der Waals surface area contributed by atoms with E-state index in [9.17, 15) is 24.3 Å². The minimum absolute atomic E-state index is 0.0409.